The van der Waals surface area contributed by atoms with Crippen molar-refractivity contribution in [2.75, 3.05) is 13.7 Å². The molecule has 27 heavy (non-hydrogen) atoms. The first-order valence-corrected chi connectivity index (χ1v) is 9.81. The number of fused-ring (bicyclic) bond motifs is 1. The molecule has 0 aliphatic carbocycles. The molecule has 1 unspecified atom stereocenters. The van der Waals surface area contributed by atoms with Crippen LogP contribution in [0.3, 0.4) is 0 Å². The number of hydrogen-bond acceptors (Lipinski definition) is 4. The third-order valence-electron chi connectivity index (χ3n) is 5.41. The molecule has 3 heterocycles. The van der Waals surface area contributed by atoms with Crippen molar-refractivity contribution in [3.8, 4) is 11.1 Å². The fraction of sp³-hybridized carbons (Fsp3) is 0.500. The summed E-state index contributed by atoms with van der Waals surface area (Å²) in [6.07, 6.45) is 4.76. The molecule has 144 valence electrons. The molecular formula is C22H30N4O. The van der Waals surface area contributed by atoms with Crippen molar-refractivity contribution in [2.45, 2.75) is 59.9 Å². The summed E-state index contributed by atoms with van der Waals surface area (Å²) in [5.41, 5.74) is 7.49. The molecule has 3 aromatic heterocycles. The van der Waals surface area contributed by atoms with Crippen LogP contribution in [0.1, 0.15) is 55.5 Å². The molecule has 1 atom stereocenters. The topological polar surface area (TPSA) is 52.8 Å². The van der Waals surface area contributed by atoms with E-state index in [9.17, 15) is 0 Å². The quantitative estimate of drug-likeness (QED) is 0.592. The van der Waals surface area contributed by atoms with Crippen molar-refractivity contribution in [3.05, 3.63) is 41.1 Å². The molecule has 0 aromatic carbocycles. The van der Waals surface area contributed by atoms with Crippen LogP contribution in [-0.2, 0) is 11.2 Å². The average molecular weight is 367 g/mol. The first-order valence-electron chi connectivity index (χ1n) is 9.81. The summed E-state index contributed by atoms with van der Waals surface area (Å²) in [4.78, 5) is 14.5. The molecule has 3 rings (SSSR count). The van der Waals surface area contributed by atoms with E-state index in [1.807, 2.05) is 6.20 Å². The molecule has 0 aliphatic rings. The molecule has 0 radical (unpaired) electrons. The molecule has 3 aromatic rings. The van der Waals surface area contributed by atoms with E-state index in [1.165, 1.54) is 5.56 Å². The van der Waals surface area contributed by atoms with E-state index in [2.05, 4.69) is 51.3 Å². The van der Waals surface area contributed by atoms with Crippen LogP contribution < -0.4 is 0 Å². The second-order valence-corrected chi connectivity index (χ2v) is 7.15. The highest BCUT2D eigenvalue weighted by Gasteiger charge is 2.21. The van der Waals surface area contributed by atoms with Crippen LogP contribution in [0.4, 0.5) is 0 Å². The van der Waals surface area contributed by atoms with Gasteiger partial charge in [0.15, 0.2) is 5.65 Å². The van der Waals surface area contributed by atoms with Crippen LogP contribution in [-0.4, -0.2) is 33.2 Å². The fourth-order valence-electron chi connectivity index (χ4n) is 3.75. The number of aromatic nitrogens is 4. The van der Waals surface area contributed by atoms with E-state index < -0.39 is 0 Å². The lowest BCUT2D eigenvalue weighted by Gasteiger charge is -2.19. The van der Waals surface area contributed by atoms with Gasteiger partial charge in [0, 0.05) is 54.9 Å². The van der Waals surface area contributed by atoms with Gasteiger partial charge in [-0.05, 0) is 51.3 Å². The second-order valence-electron chi connectivity index (χ2n) is 7.15. The largest absolute Gasteiger partial charge is 0.385 e. The first-order chi connectivity index (χ1) is 13.0. The lowest BCUT2D eigenvalue weighted by atomic mass is 10.0. The van der Waals surface area contributed by atoms with Crippen LogP contribution in [0.15, 0.2) is 18.3 Å². The lowest BCUT2D eigenvalue weighted by molar-refractivity contribution is 0.177. The van der Waals surface area contributed by atoms with Crippen LogP contribution in [0, 0.1) is 20.8 Å². The van der Waals surface area contributed by atoms with Gasteiger partial charge in [0.05, 0.1) is 0 Å². The number of methoxy groups -OCH3 is 1. The van der Waals surface area contributed by atoms with Gasteiger partial charge >= 0.3 is 0 Å². The minimum Gasteiger partial charge on any atom is -0.385 e. The van der Waals surface area contributed by atoms with Crippen LogP contribution >= 0.6 is 0 Å². The zero-order valence-electron chi connectivity index (χ0n) is 17.3. The Kier molecular flexibility index (Phi) is 5.90. The fourth-order valence-corrected chi connectivity index (χ4v) is 3.75. The molecule has 0 amide bonds. The molecule has 0 saturated carbocycles. The monoisotopic (exact) mass is 366 g/mol. The lowest BCUT2D eigenvalue weighted by Crippen LogP contribution is -2.14. The Labute approximate surface area is 161 Å². The Hall–Kier alpha value is -2.27. The maximum Gasteiger partial charge on any atom is 0.160 e. The third-order valence-corrected chi connectivity index (χ3v) is 5.41. The van der Waals surface area contributed by atoms with Gasteiger partial charge in [-0.2, -0.15) is 0 Å². The van der Waals surface area contributed by atoms with Crippen molar-refractivity contribution in [2.24, 2.45) is 0 Å². The highest BCUT2D eigenvalue weighted by molar-refractivity contribution is 5.91. The van der Waals surface area contributed by atoms with Crippen molar-refractivity contribution in [1.29, 1.82) is 0 Å². The average Bonchev–Trinajstić information content (AvgIpc) is 3.04. The predicted octanol–water partition coefficient (Wildman–Crippen LogP) is 4.97. The molecule has 0 fully saturated rings. The Morgan fingerprint density at radius 3 is 2.52 bits per heavy atom. The Morgan fingerprint density at radius 1 is 1.07 bits per heavy atom. The number of hydrogen-bond donors (Lipinski definition) is 0. The van der Waals surface area contributed by atoms with Gasteiger partial charge in [-0.3, -0.25) is 4.98 Å². The van der Waals surface area contributed by atoms with E-state index in [1.54, 1.807) is 7.11 Å². The van der Waals surface area contributed by atoms with E-state index in [0.717, 1.165) is 65.4 Å². The van der Waals surface area contributed by atoms with Gasteiger partial charge in [0.2, 0.25) is 0 Å². The van der Waals surface area contributed by atoms with Gasteiger partial charge in [-0.1, -0.05) is 13.8 Å². The highest BCUT2D eigenvalue weighted by Crippen LogP contribution is 2.33. The summed E-state index contributed by atoms with van der Waals surface area (Å²) >= 11 is 0. The van der Waals surface area contributed by atoms with E-state index in [-0.39, 0.29) is 0 Å². The molecule has 0 spiro atoms. The Balaban J connectivity index is 2.22. The zero-order valence-corrected chi connectivity index (χ0v) is 17.3. The predicted molar refractivity (Wildman–Crippen MR) is 110 cm³/mol. The zero-order chi connectivity index (χ0) is 19.6. The number of nitrogens with zero attached hydrogens (tertiary/aromatic N) is 4. The molecule has 0 aliphatic heterocycles. The van der Waals surface area contributed by atoms with Crippen molar-refractivity contribution in [1.82, 2.24) is 19.5 Å². The molecule has 0 N–H and O–H groups in total. The number of imidazole rings is 1. The Bertz CT molecular complexity index is 945. The number of pyridine rings is 2. The number of ether oxygens (including phenoxy) is 1. The van der Waals surface area contributed by atoms with E-state index in [0.29, 0.717) is 6.04 Å². The smallest absolute Gasteiger partial charge is 0.160 e. The maximum atomic E-state index is 5.33. The highest BCUT2D eigenvalue weighted by atomic mass is 16.5. The van der Waals surface area contributed by atoms with Crippen molar-refractivity contribution < 1.29 is 4.74 Å². The molecule has 5 heteroatoms. The normalized spacial score (nSPS) is 12.7. The van der Waals surface area contributed by atoms with E-state index >= 15 is 0 Å². The standard InChI is InChI=1S/C22H30N4O/c1-7-17(10-12-27-6)26-20(8-2)25-21-18(9-11-23-22(21)26)19-13-14(3)15(4)24-16(19)5/h9,11,13,17H,7-8,10,12H2,1-6H3. The summed E-state index contributed by atoms with van der Waals surface area (Å²) in [6.45, 7) is 11.3. The van der Waals surface area contributed by atoms with Crippen molar-refractivity contribution >= 4 is 11.2 Å². The van der Waals surface area contributed by atoms with Gasteiger partial charge in [0.25, 0.3) is 0 Å². The summed E-state index contributed by atoms with van der Waals surface area (Å²) in [7, 11) is 1.76. The summed E-state index contributed by atoms with van der Waals surface area (Å²) in [6, 6.07) is 4.62. The van der Waals surface area contributed by atoms with Crippen LogP contribution in [0.2, 0.25) is 0 Å². The third kappa shape index (κ3) is 3.61. The maximum absolute atomic E-state index is 5.33. The van der Waals surface area contributed by atoms with Gasteiger partial charge in [0.1, 0.15) is 11.3 Å². The van der Waals surface area contributed by atoms with Crippen molar-refractivity contribution in [3.63, 3.8) is 0 Å². The molecular weight excluding hydrogens is 336 g/mol. The Morgan fingerprint density at radius 2 is 1.85 bits per heavy atom. The molecule has 5 nitrogen and oxygen atoms in total. The van der Waals surface area contributed by atoms with Gasteiger partial charge < -0.3 is 9.30 Å². The summed E-state index contributed by atoms with van der Waals surface area (Å²) < 4.78 is 7.65. The van der Waals surface area contributed by atoms with Crippen LogP contribution in [0.25, 0.3) is 22.3 Å². The number of rotatable bonds is 7. The minimum atomic E-state index is 0.339. The van der Waals surface area contributed by atoms with Gasteiger partial charge in [-0.25, -0.2) is 9.97 Å². The first kappa shape index (κ1) is 19.5. The summed E-state index contributed by atoms with van der Waals surface area (Å²) in [5, 5.41) is 0. The van der Waals surface area contributed by atoms with Crippen LogP contribution in [0.5, 0.6) is 0 Å². The molecule has 0 saturated heterocycles. The summed E-state index contributed by atoms with van der Waals surface area (Å²) in [5.74, 6) is 1.09. The SMILES string of the molecule is CCc1nc2c(-c3cc(C)c(C)nc3C)ccnc2n1C(CC)CCOC. The van der Waals surface area contributed by atoms with Gasteiger partial charge in [-0.15, -0.1) is 0 Å². The second kappa shape index (κ2) is 8.17. The van der Waals surface area contributed by atoms with E-state index in [4.69, 9.17) is 19.7 Å². The minimum absolute atomic E-state index is 0.339. The number of aryl methyl sites for hydroxylation is 4. The molecule has 0 bridgehead atoms.